The molecule has 0 aliphatic carbocycles. The summed E-state index contributed by atoms with van der Waals surface area (Å²) in [7, 11) is 0. The van der Waals surface area contributed by atoms with Gasteiger partial charge in [-0.15, -0.1) is 0 Å². The van der Waals surface area contributed by atoms with Gasteiger partial charge in [-0.2, -0.15) is 5.06 Å². The van der Waals surface area contributed by atoms with E-state index in [1.54, 1.807) is 0 Å². The van der Waals surface area contributed by atoms with Crippen molar-refractivity contribution in [1.29, 1.82) is 0 Å². The van der Waals surface area contributed by atoms with Gasteiger partial charge in [0.2, 0.25) is 0 Å². The Morgan fingerprint density at radius 3 is 2.43 bits per heavy atom. The molecule has 1 fully saturated rings. The second-order valence-electron chi connectivity index (χ2n) is 2.03. The lowest BCUT2D eigenvalue weighted by Gasteiger charge is -2.38. The van der Waals surface area contributed by atoms with Gasteiger partial charge < -0.3 is 10.9 Å². The van der Waals surface area contributed by atoms with E-state index in [9.17, 15) is 0 Å². The van der Waals surface area contributed by atoms with Crippen LogP contribution in [-0.4, -0.2) is 28.9 Å². The Bertz CT molecular complexity index is 68.1. The quantitative estimate of drug-likeness (QED) is 0.429. The van der Waals surface area contributed by atoms with Crippen molar-refractivity contribution in [3.05, 3.63) is 0 Å². The maximum Gasteiger partial charge on any atom is 0.0487 e. The van der Waals surface area contributed by atoms with E-state index in [1.807, 2.05) is 6.92 Å². The van der Waals surface area contributed by atoms with Gasteiger partial charge in [-0.25, -0.2) is 0 Å². The zero-order valence-electron chi connectivity index (χ0n) is 4.33. The molecule has 1 heterocycles. The van der Waals surface area contributed by atoms with E-state index < -0.39 is 0 Å². The van der Waals surface area contributed by atoms with Crippen LogP contribution in [0, 0.1) is 0 Å². The molecular weight excluding hydrogens is 92.1 g/mol. The van der Waals surface area contributed by atoms with Crippen molar-refractivity contribution < 1.29 is 5.21 Å². The lowest BCUT2D eigenvalue weighted by atomic mass is 10.0. The summed E-state index contributed by atoms with van der Waals surface area (Å²) in [5.74, 6) is 0. The van der Waals surface area contributed by atoms with Crippen LogP contribution >= 0.6 is 0 Å². The number of hydroxylamine groups is 2. The Balaban J connectivity index is 2.29. The molecule has 1 saturated heterocycles. The standard InChI is InChI=1S/C4H10N2O/c1-3-4(5)2-6(3)7/h3-4,7H,2,5H2,1H3. The van der Waals surface area contributed by atoms with Crippen molar-refractivity contribution >= 4 is 0 Å². The van der Waals surface area contributed by atoms with Gasteiger partial charge in [-0.05, 0) is 6.92 Å². The summed E-state index contributed by atoms with van der Waals surface area (Å²) in [5, 5.41) is 9.88. The molecule has 0 aromatic heterocycles. The van der Waals surface area contributed by atoms with Gasteiger partial charge in [0.25, 0.3) is 0 Å². The van der Waals surface area contributed by atoms with E-state index in [-0.39, 0.29) is 12.1 Å². The van der Waals surface area contributed by atoms with Gasteiger partial charge in [0.05, 0.1) is 0 Å². The van der Waals surface area contributed by atoms with Crippen LogP contribution in [0.5, 0.6) is 0 Å². The second-order valence-corrected chi connectivity index (χ2v) is 2.03. The molecule has 3 N–H and O–H groups in total. The van der Waals surface area contributed by atoms with Crippen LogP contribution in [0.25, 0.3) is 0 Å². The highest BCUT2D eigenvalue weighted by atomic mass is 16.5. The Kier molecular flexibility index (Phi) is 1.03. The predicted molar refractivity (Wildman–Crippen MR) is 25.9 cm³/mol. The minimum absolute atomic E-state index is 0.167. The van der Waals surface area contributed by atoms with Gasteiger partial charge in [-0.3, -0.25) is 0 Å². The van der Waals surface area contributed by atoms with E-state index in [4.69, 9.17) is 10.9 Å². The highest BCUT2D eigenvalue weighted by molar-refractivity contribution is 4.85. The molecule has 3 nitrogen and oxygen atoms in total. The molecule has 2 atom stereocenters. The third kappa shape index (κ3) is 0.627. The van der Waals surface area contributed by atoms with Crippen molar-refractivity contribution in [3.8, 4) is 0 Å². The number of hydrogen-bond donors (Lipinski definition) is 2. The molecule has 0 radical (unpaired) electrons. The third-order valence-electron chi connectivity index (χ3n) is 1.49. The minimum atomic E-state index is 0.167. The van der Waals surface area contributed by atoms with E-state index in [0.717, 1.165) is 0 Å². The highest BCUT2D eigenvalue weighted by Gasteiger charge is 2.30. The molecule has 7 heavy (non-hydrogen) atoms. The van der Waals surface area contributed by atoms with Crippen molar-refractivity contribution in [2.75, 3.05) is 6.54 Å². The van der Waals surface area contributed by atoms with Crippen molar-refractivity contribution in [3.63, 3.8) is 0 Å². The fraction of sp³-hybridized carbons (Fsp3) is 1.00. The number of nitrogens with two attached hydrogens (primary N) is 1. The second kappa shape index (κ2) is 1.43. The summed E-state index contributed by atoms with van der Waals surface area (Å²) in [6.45, 7) is 2.52. The molecule has 0 bridgehead atoms. The summed E-state index contributed by atoms with van der Waals surface area (Å²) >= 11 is 0. The Morgan fingerprint density at radius 1 is 1.86 bits per heavy atom. The molecule has 0 spiro atoms. The minimum Gasteiger partial charge on any atom is -0.325 e. The van der Waals surface area contributed by atoms with Crippen LogP contribution in [0.2, 0.25) is 0 Å². The number of hydrogen-bond acceptors (Lipinski definition) is 3. The first-order chi connectivity index (χ1) is 3.22. The van der Waals surface area contributed by atoms with E-state index in [1.165, 1.54) is 5.06 Å². The van der Waals surface area contributed by atoms with Gasteiger partial charge in [0.1, 0.15) is 0 Å². The molecule has 3 heteroatoms. The molecule has 0 saturated carbocycles. The van der Waals surface area contributed by atoms with Crippen LogP contribution in [0.15, 0.2) is 0 Å². The Morgan fingerprint density at radius 2 is 2.43 bits per heavy atom. The summed E-state index contributed by atoms with van der Waals surface area (Å²) < 4.78 is 0. The predicted octanol–water partition coefficient (Wildman–Crippen LogP) is -0.593. The van der Waals surface area contributed by atoms with E-state index in [2.05, 4.69) is 0 Å². The van der Waals surface area contributed by atoms with E-state index >= 15 is 0 Å². The van der Waals surface area contributed by atoms with Gasteiger partial charge in [-0.1, -0.05) is 0 Å². The molecule has 1 aliphatic rings. The summed E-state index contributed by atoms with van der Waals surface area (Å²) in [4.78, 5) is 0. The fourth-order valence-electron chi connectivity index (χ4n) is 0.618. The van der Waals surface area contributed by atoms with Crippen LogP contribution in [0.1, 0.15) is 6.92 Å². The van der Waals surface area contributed by atoms with Gasteiger partial charge in [0.15, 0.2) is 0 Å². The first kappa shape index (κ1) is 5.03. The fourth-order valence-corrected chi connectivity index (χ4v) is 0.618. The number of rotatable bonds is 0. The Labute approximate surface area is 42.7 Å². The zero-order chi connectivity index (χ0) is 5.44. The summed E-state index contributed by atoms with van der Waals surface area (Å²) in [5.41, 5.74) is 5.41. The van der Waals surface area contributed by atoms with E-state index in [0.29, 0.717) is 6.54 Å². The van der Waals surface area contributed by atoms with Crippen LogP contribution in [0.3, 0.4) is 0 Å². The third-order valence-corrected chi connectivity index (χ3v) is 1.49. The molecule has 1 rings (SSSR count). The topological polar surface area (TPSA) is 49.5 Å². The SMILES string of the molecule is CC1C(N)CN1O. The molecule has 42 valence electrons. The maximum absolute atomic E-state index is 8.64. The average Bonchev–Trinajstić information content (AvgIpc) is 1.68. The first-order valence-corrected chi connectivity index (χ1v) is 2.43. The molecule has 1 aliphatic heterocycles. The van der Waals surface area contributed by atoms with Crippen molar-refractivity contribution in [2.45, 2.75) is 19.0 Å². The lowest BCUT2D eigenvalue weighted by molar-refractivity contribution is -0.185. The Hall–Kier alpha value is -0.120. The monoisotopic (exact) mass is 102 g/mol. The molecule has 0 aromatic carbocycles. The van der Waals surface area contributed by atoms with Crippen LogP contribution < -0.4 is 5.73 Å². The summed E-state index contributed by atoms with van der Waals surface area (Å²) in [6, 6.07) is 0.352. The van der Waals surface area contributed by atoms with Crippen LogP contribution in [0.4, 0.5) is 0 Å². The largest absolute Gasteiger partial charge is 0.325 e. The number of nitrogens with zero attached hydrogens (tertiary/aromatic N) is 1. The molecule has 0 aromatic rings. The molecule has 0 amide bonds. The maximum atomic E-state index is 8.64. The van der Waals surface area contributed by atoms with Gasteiger partial charge in [0, 0.05) is 18.6 Å². The van der Waals surface area contributed by atoms with Crippen molar-refractivity contribution in [1.82, 2.24) is 5.06 Å². The highest BCUT2D eigenvalue weighted by Crippen LogP contribution is 2.10. The first-order valence-electron chi connectivity index (χ1n) is 2.43. The zero-order valence-corrected chi connectivity index (χ0v) is 4.33. The van der Waals surface area contributed by atoms with Crippen LogP contribution in [-0.2, 0) is 0 Å². The normalized spacial score (nSPS) is 43.3. The van der Waals surface area contributed by atoms with Crippen molar-refractivity contribution in [2.24, 2.45) is 5.73 Å². The molecule has 2 unspecified atom stereocenters. The lowest BCUT2D eigenvalue weighted by Crippen LogP contribution is -2.61. The molecular formula is C4H10N2O. The van der Waals surface area contributed by atoms with Gasteiger partial charge >= 0.3 is 0 Å². The summed E-state index contributed by atoms with van der Waals surface area (Å²) in [6.07, 6.45) is 0. The average molecular weight is 102 g/mol. The smallest absolute Gasteiger partial charge is 0.0487 e.